The zero-order valence-corrected chi connectivity index (χ0v) is 10.8. The van der Waals surface area contributed by atoms with Gasteiger partial charge < -0.3 is 9.84 Å². The van der Waals surface area contributed by atoms with E-state index in [-0.39, 0.29) is 0 Å². The van der Waals surface area contributed by atoms with Crippen molar-refractivity contribution in [1.82, 2.24) is 9.97 Å². The van der Waals surface area contributed by atoms with Crippen molar-refractivity contribution < 1.29 is 9.84 Å². The number of aromatic nitrogens is 2. The van der Waals surface area contributed by atoms with Crippen LogP contribution in [0.2, 0.25) is 5.02 Å². The van der Waals surface area contributed by atoms with Gasteiger partial charge in [-0.05, 0) is 24.6 Å². The Morgan fingerprint density at radius 1 is 1.33 bits per heavy atom. The SMILES string of the molecule is COc1ccnc(-c2cc(C(C)O)ccc2Cl)n1. The maximum Gasteiger partial charge on any atom is 0.216 e. The number of aliphatic hydroxyl groups excluding tert-OH is 1. The van der Waals surface area contributed by atoms with Gasteiger partial charge >= 0.3 is 0 Å². The smallest absolute Gasteiger partial charge is 0.216 e. The van der Waals surface area contributed by atoms with Gasteiger partial charge in [-0.1, -0.05) is 17.7 Å². The van der Waals surface area contributed by atoms with E-state index in [0.29, 0.717) is 22.3 Å². The number of halogens is 1. The third-order valence-corrected chi connectivity index (χ3v) is 2.88. The van der Waals surface area contributed by atoms with Gasteiger partial charge in [-0.3, -0.25) is 0 Å². The number of hydrogen-bond donors (Lipinski definition) is 1. The van der Waals surface area contributed by atoms with Gasteiger partial charge in [0, 0.05) is 17.8 Å². The molecule has 1 aromatic carbocycles. The van der Waals surface area contributed by atoms with Crippen LogP contribution < -0.4 is 4.74 Å². The molecule has 94 valence electrons. The normalized spacial score (nSPS) is 12.2. The lowest BCUT2D eigenvalue weighted by Gasteiger charge is -2.09. The molecule has 0 aliphatic carbocycles. The Kier molecular flexibility index (Phi) is 3.79. The second-order valence-corrected chi connectivity index (χ2v) is 4.25. The molecular formula is C13H13ClN2O2. The van der Waals surface area contributed by atoms with Gasteiger partial charge in [-0.15, -0.1) is 0 Å². The highest BCUT2D eigenvalue weighted by atomic mass is 35.5. The number of nitrogens with zero attached hydrogens (tertiary/aromatic N) is 2. The largest absolute Gasteiger partial charge is 0.481 e. The van der Waals surface area contributed by atoms with E-state index in [4.69, 9.17) is 16.3 Å². The van der Waals surface area contributed by atoms with Gasteiger partial charge in [0.15, 0.2) is 5.82 Å². The summed E-state index contributed by atoms with van der Waals surface area (Å²) in [6.07, 6.45) is 1.04. The van der Waals surface area contributed by atoms with Gasteiger partial charge in [0.2, 0.25) is 5.88 Å². The summed E-state index contributed by atoms with van der Waals surface area (Å²) in [6, 6.07) is 6.94. The number of aliphatic hydroxyl groups is 1. The van der Waals surface area contributed by atoms with E-state index in [9.17, 15) is 5.11 Å². The Labute approximate surface area is 110 Å². The fourth-order valence-corrected chi connectivity index (χ4v) is 1.76. The lowest BCUT2D eigenvalue weighted by atomic mass is 10.1. The van der Waals surface area contributed by atoms with Gasteiger partial charge in [-0.2, -0.15) is 4.98 Å². The van der Waals surface area contributed by atoms with Crippen LogP contribution in [0.15, 0.2) is 30.5 Å². The van der Waals surface area contributed by atoms with Crippen LogP contribution in [0.3, 0.4) is 0 Å². The predicted molar refractivity (Wildman–Crippen MR) is 69.7 cm³/mol. The van der Waals surface area contributed by atoms with E-state index in [0.717, 1.165) is 5.56 Å². The molecule has 1 N–H and O–H groups in total. The average Bonchev–Trinajstić information content (AvgIpc) is 2.39. The standard InChI is InChI=1S/C13H13ClN2O2/c1-8(17)9-3-4-11(14)10(7-9)13-15-6-5-12(16-13)18-2/h3-8,17H,1-2H3. The molecule has 0 amide bonds. The minimum absolute atomic E-state index is 0.471. The third kappa shape index (κ3) is 2.60. The molecule has 4 nitrogen and oxygen atoms in total. The summed E-state index contributed by atoms with van der Waals surface area (Å²) in [4.78, 5) is 8.39. The molecule has 0 aliphatic heterocycles. The summed E-state index contributed by atoms with van der Waals surface area (Å²) >= 11 is 6.13. The van der Waals surface area contributed by atoms with Crippen molar-refractivity contribution in [2.45, 2.75) is 13.0 Å². The molecule has 1 aromatic heterocycles. The molecule has 0 saturated carbocycles. The maximum atomic E-state index is 9.58. The molecule has 1 heterocycles. The number of hydrogen-bond acceptors (Lipinski definition) is 4. The molecule has 5 heteroatoms. The minimum atomic E-state index is -0.563. The number of rotatable bonds is 3. The molecule has 2 rings (SSSR count). The van der Waals surface area contributed by atoms with Crippen molar-refractivity contribution >= 4 is 11.6 Å². The lowest BCUT2D eigenvalue weighted by molar-refractivity contribution is 0.199. The van der Waals surface area contributed by atoms with E-state index in [2.05, 4.69) is 9.97 Å². The molecule has 0 saturated heterocycles. The van der Waals surface area contributed by atoms with Crippen LogP contribution in [-0.2, 0) is 0 Å². The Hall–Kier alpha value is -1.65. The first-order chi connectivity index (χ1) is 8.61. The van der Waals surface area contributed by atoms with E-state index >= 15 is 0 Å². The van der Waals surface area contributed by atoms with Crippen LogP contribution in [0, 0.1) is 0 Å². The second-order valence-electron chi connectivity index (χ2n) is 3.84. The van der Waals surface area contributed by atoms with Gasteiger partial charge in [-0.25, -0.2) is 4.98 Å². The molecule has 0 radical (unpaired) electrons. The van der Waals surface area contributed by atoms with Crippen LogP contribution in [0.5, 0.6) is 5.88 Å². The van der Waals surface area contributed by atoms with Crippen molar-refractivity contribution in [2.75, 3.05) is 7.11 Å². The van der Waals surface area contributed by atoms with E-state index in [1.807, 2.05) is 0 Å². The van der Waals surface area contributed by atoms with E-state index < -0.39 is 6.10 Å². The Bertz CT molecular complexity index is 558. The van der Waals surface area contributed by atoms with Gasteiger partial charge in [0.25, 0.3) is 0 Å². The van der Waals surface area contributed by atoms with Crippen LogP contribution >= 0.6 is 11.6 Å². The molecule has 0 spiro atoms. The van der Waals surface area contributed by atoms with Crippen LogP contribution in [0.25, 0.3) is 11.4 Å². The Morgan fingerprint density at radius 3 is 2.78 bits per heavy atom. The monoisotopic (exact) mass is 264 g/mol. The zero-order chi connectivity index (χ0) is 13.1. The summed E-state index contributed by atoms with van der Waals surface area (Å²) < 4.78 is 5.05. The molecule has 0 bridgehead atoms. The number of methoxy groups -OCH3 is 1. The van der Waals surface area contributed by atoms with Crippen molar-refractivity contribution in [3.05, 3.63) is 41.0 Å². The molecule has 2 aromatic rings. The zero-order valence-electron chi connectivity index (χ0n) is 10.1. The quantitative estimate of drug-likeness (QED) is 0.926. The number of benzene rings is 1. The summed E-state index contributed by atoms with van der Waals surface area (Å²) in [6.45, 7) is 1.69. The first kappa shape index (κ1) is 12.8. The number of ether oxygens (including phenoxy) is 1. The summed E-state index contributed by atoms with van der Waals surface area (Å²) in [5.41, 5.74) is 1.44. The average molecular weight is 265 g/mol. The third-order valence-electron chi connectivity index (χ3n) is 2.55. The minimum Gasteiger partial charge on any atom is -0.481 e. The van der Waals surface area contributed by atoms with Crippen LogP contribution in [0.4, 0.5) is 0 Å². The molecule has 18 heavy (non-hydrogen) atoms. The second kappa shape index (κ2) is 5.33. The fraction of sp³-hybridized carbons (Fsp3) is 0.231. The van der Waals surface area contributed by atoms with Crippen LogP contribution in [-0.4, -0.2) is 22.2 Å². The summed E-state index contributed by atoms with van der Waals surface area (Å²) in [5.74, 6) is 0.945. The highest BCUT2D eigenvalue weighted by Gasteiger charge is 2.10. The highest BCUT2D eigenvalue weighted by molar-refractivity contribution is 6.33. The molecule has 0 aliphatic rings. The van der Waals surface area contributed by atoms with Crippen molar-refractivity contribution in [1.29, 1.82) is 0 Å². The first-order valence-electron chi connectivity index (χ1n) is 5.46. The highest BCUT2D eigenvalue weighted by Crippen LogP contribution is 2.29. The van der Waals surface area contributed by atoms with Gasteiger partial charge in [0.1, 0.15) is 0 Å². The van der Waals surface area contributed by atoms with Crippen molar-refractivity contribution in [3.8, 4) is 17.3 Å². The molecule has 0 fully saturated rings. The lowest BCUT2D eigenvalue weighted by Crippen LogP contribution is -1.96. The predicted octanol–water partition coefficient (Wildman–Crippen LogP) is 2.86. The summed E-state index contributed by atoms with van der Waals surface area (Å²) in [7, 11) is 1.54. The van der Waals surface area contributed by atoms with E-state index in [1.54, 1.807) is 44.5 Å². The van der Waals surface area contributed by atoms with Crippen molar-refractivity contribution in [2.24, 2.45) is 0 Å². The molecule has 1 atom stereocenters. The van der Waals surface area contributed by atoms with Crippen LogP contribution in [0.1, 0.15) is 18.6 Å². The fourth-order valence-electron chi connectivity index (χ4n) is 1.56. The Balaban J connectivity index is 2.51. The topological polar surface area (TPSA) is 55.2 Å². The van der Waals surface area contributed by atoms with Crippen molar-refractivity contribution in [3.63, 3.8) is 0 Å². The Morgan fingerprint density at radius 2 is 2.11 bits per heavy atom. The van der Waals surface area contributed by atoms with Gasteiger partial charge in [0.05, 0.1) is 18.2 Å². The molecule has 1 unspecified atom stereocenters. The summed E-state index contributed by atoms with van der Waals surface area (Å²) in [5, 5.41) is 10.1. The molecular weight excluding hydrogens is 252 g/mol. The first-order valence-corrected chi connectivity index (χ1v) is 5.84. The van der Waals surface area contributed by atoms with E-state index in [1.165, 1.54) is 0 Å². The maximum absolute atomic E-state index is 9.58.